The van der Waals surface area contributed by atoms with Gasteiger partial charge in [-0.3, -0.25) is 4.90 Å². The van der Waals surface area contributed by atoms with Gasteiger partial charge in [0.05, 0.1) is 5.02 Å². The van der Waals surface area contributed by atoms with Crippen LogP contribution in [0.5, 0.6) is 17.2 Å². The van der Waals surface area contributed by atoms with Gasteiger partial charge in [0.2, 0.25) is 0 Å². The highest BCUT2D eigenvalue weighted by Gasteiger charge is 2.30. The van der Waals surface area contributed by atoms with Crippen molar-refractivity contribution >= 4 is 22.7 Å². The van der Waals surface area contributed by atoms with E-state index in [0.29, 0.717) is 12.4 Å². The molecule has 0 radical (unpaired) electrons. The van der Waals surface area contributed by atoms with E-state index in [-0.39, 0.29) is 16.6 Å². The average molecular weight is 494 g/mol. The van der Waals surface area contributed by atoms with Gasteiger partial charge in [-0.1, -0.05) is 49.2 Å². The zero-order valence-electron chi connectivity index (χ0n) is 19.9. The maximum atomic E-state index is 13.7. The highest BCUT2D eigenvalue weighted by molar-refractivity contribution is 6.32. The zero-order valence-corrected chi connectivity index (χ0v) is 20.7. The van der Waals surface area contributed by atoms with Crippen LogP contribution in [0.4, 0.5) is 4.39 Å². The van der Waals surface area contributed by atoms with Crippen LogP contribution >= 0.6 is 11.6 Å². The SMILES string of the molecule is CCC1CN(CCOc2ccc([C@H]3Oc4cc(Cl)c(O)cc4C(C)=C3c3ccc(F)cc3)cc2)C1. The average Bonchev–Trinajstić information content (AvgIpc) is 2.83. The van der Waals surface area contributed by atoms with Gasteiger partial charge in [-0.25, -0.2) is 4.39 Å². The van der Waals surface area contributed by atoms with Gasteiger partial charge in [-0.05, 0) is 59.9 Å². The van der Waals surface area contributed by atoms with E-state index in [1.165, 1.54) is 31.6 Å². The Hall–Kier alpha value is -3.02. The molecule has 3 aromatic carbocycles. The number of benzene rings is 3. The van der Waals surface area contributed by atoms with E-state index in [1.54, 1.807) is 24.3 Å². The van der Waals surface area contributed by atoms with Gasteiger partial charge in [0.15, 0.2) is 0 Å². The van der Waals surface area contributed by atoms with Gasteiger partial charge in [-0.2, -0.15) is 0 Å². The number of fused-ring (bicyclic) bond motifs is 1. The number of allylic oxidation sites excluding steroid dienone is 1. The monoisotopic (exact) mass is 493 g/mol. The van der Waals surface area contributed by atoms with Crippen LogP contribution in [0.2, 0.25) is 5.02 Å². The number of phenolic OH excluding ortho intramolecular Hbond substituents is 1. The van der Waals surface area contributed by atoms with E-state index < -0.39 is 6.10 Å². The summed E-state index contributed by atoms with van der Waals surface area (Å²) in [6.07, 6.45) is 0.822. The van der Waals surface area contributed by atoms with Gasteiger partial charge in [0.25, 0.3) is 0 Å². The minimum Gasteiger partial charge on any atom is -0.506 e. The molecule has 2 aliphatic rings. The van der Waals surface area contributed by atoms with E-state index in [0.717, 1.165) is 46.0 Å². The van der Waals surface area contributed by atoms with Crippen molar-refractivity contribution < 1.29 is 19.0 Å². The lowest BCUT2D eigenvalue weighted by Gasteiger charge is -2.38. The molecule has 6 heteroatoms. The molecule has 1 fully saturated rings. The second kappa shape index (κ2) is 9.92. The molecule has 0 spiro atoms. The van der Waals surface area contributed by atoms with Crippen LogP contribution in [0.1, 0.15) is 43.1 Å². The third-order valence-electron chi connectivity index (χ3n) is 6.99. The topological polar surface area (TPSA) is 41.9 Å². The predicted octanol–water partition coefficient (Wildman–Crippen LogP) is 6.97. The molecule has 0 bridgehead atoms. The number of phenols is 1. The Bertz CT molecular complexity index is 1230. The molecule has 1 atom stereocenters. The Kier molecular flexibility index (Phi) is 6.72. The largest absolute Gasteiger partial charge is 0.506 e. The van der Waals surface area contributed by atoms with Crippen LogP contribution in [0.3, 0.4) is 0 Å². The Morgan fingerprint density at radius 2 is 1.80 bits per heavy atom. The van der Waals surface area contributed by atoms with Crippen molar-refractivity contribution in [2.24, 2.45) is 5.92 Å². The summed E-state index contributed by atoms with van der Waals surface area (Å²) in [5.41, 5.74) is 4.42. The molecule has 1 saturated heterocycles. The predicted molar refractivity (Wildman–Crippen MR) is 138 cm³/mol. The van der Waals surface area contributed by atoms with Gasteiger partial charge in [0, 0.05) is 36.8 Å². The number of hydrogen-bond donors (Lipinski definition) is 1. The number of nitrogens with zero attached hydrogens (tertiary/aromatic N) is 1. The Labute approximate surface area is 210 Å². The van der Waals surface area contributed by atoms with E-state index in [9.17, 15) is 9.50 Å². The van der Waals surface area contributed by atoms with Crippen LogP contribution in [-0.2, 0) is 0 Å². The summed E-state index contributed by atoms with van der Waals surface area (Å²) in [6.45, 7) is 8.15. The fourth-order valence-electron chi connectivity index (χ4n) is 4.84. The summed E-state index contributed by atoms with van der Waals surface area (Å²) in [5, 5.41) is 10.4. The van der Waals surface area contributed by atoms with E-state index >= 15 is 0 Å². The molecule has 0 saturated carbocycles. The van der Waals surface area contributed by atoms with Gasteiger partial charge >= 0.3 is 0 Å². The zero-order chi connectivity index (χ0) is 24.5. The summed E-state index contributed by atoms with van der Waals surface area (Å²) in [4.78, 5) is 2.42. The summed E-state index contributed by atoms with van der Waals surface area (Å²) in [7, 11) is 0. The molecule has 0 unspecified atom stereocenters. The quantitative estimate of drug-likeness (QED) is 0.386. The standard InChI is InChI=1S/C29H29ClFNO3/c1-3-19-16-32(17-19)12-13-34-23-10-6-21(7-11-23)29-28(20-4-8-22(31)9-5-20)18(2)24-14-26(33)25(30)15-27(24)35-29/h4-11,14-15,19,29,33H,3,12-13,16-17H2,1-2H3/t29-/m1/s1. The first kappa shape index (κ1) is 23.7. The first-order valence-corrected chi connectivity index (χ1v) is 12.4. The van der Waals surface area contributed by atoms with Crippen molar-refractivity contribution in [2.75, 3.05) is 26.2 Å². The highest BCUT2D eigenvalue weighted by Crippen LogP contribution is 2.48. The maximum Gasteiger partial charge on any atom is 0.150 e. The summed E-state index contributed by atoms with van der Waals surface area (Å²) < 4.78 is 26.1. The van der Waals surface area contributed by atoms with Crippen LogP contribution in [0.15, 0.2) is 60.7 Å². The van der Waals surface area contributed by atoms with Crippen molar-refractivity contribution in [3.05, 3.63) is 88.2 Å². The molecular weight excluding hydrogens is 465 g/mol. The van der Waals surface area contributed by atoms with Gasteiger partial charge in [-0.15, -0.1) is 0 Å². The minimum absolute atomic E-state index is 0.00443. The lowest BCUT2D eigenvalue weighted by Crippen LogP contribution is -2.47. The molecule has 1 N–H and O–H groups in total. The fourth-order valence-corrected chi connectivity index (χ4v) is 5.00. The normalized spacial score (nSPS) is 18.1. The Morgan fingerprint density at radius 3 is 2.49 bits per heavy atom. The smallest absolute Gasteiger partial charge is 0.150 e. The summed E-state index contributed by atoms with van der Waals surface area (Å²) in [6, 6.07) is 17.6. The first-order chi connectivity index (χ1) is 16.9. The molecular formula is C29H29ClFNO3. The van der Waals surface area contributed by atoms with E-state index in [4.69, 9.17) is 21.1 Å². The molecule has 35 heavy (non-hydrogen) atoms. The van der Waals surface area contributed by atoms with Crippen molar-refractivity contribution in [1.82, 2.24) is 4.90 Å². The van der Waals surface area contributed by atoms with Crippen molar-refractivity contribution in [3.63, 3.8) is 0 Å². The Balaban J connectivity index is 1.39. The number of ether oxygens (including phenoxy) is 2. The van der Waals surface area contributed by atoms with Crippen molar-refractivity contribution in [3.8, 4) is 17.2 Å². The van der Waals surface area contributed by atoms with Crippen LogP contribution in [0.25, 0.3) is 11.1 Å². The molecule has 0 aromatic heterocycles. The second-order valence-corrected chi connectivity index (χ2v) is 9.70. The molecule has 182 valence electrons. The first-order valence-electron chi connectivity index (χ1n) is 12.0. The molecule has 0 amide bonds. The maximum absolute atomic E-state index is 13.7. The molecule has 4 nitrogen and oxygen atoms in total. The Morgan fingerprint density at radius 1 is 1.09 bits per heavy atom. The number of hydrogen-bond acceptors (Lipinski definition) is 4. The summed E-state index contributed by atoms with van der Waals surface area (Å²) >= 11 is 6.17. The van der Waals surface area contributed by atoms with Gasteiger partial charge in [0.1, 0.15) is 35.8 Å². The fraction of sp³-hybridized carbons (Fsp3) is 0.310. The molecule has 2 heterocycles. The van der Waals surface area contributed by atoms with Gasteiger partial charge < -0.3 is 14.6 Å². The number of rotatable bonds is 7. The number of likely N-dealkylation sites (tertiary alicyclic amines) is 1. The summed E-state index contributed by atoms with van der Waals surface area (Å²) in [5.74, 6) is 1.95. The van der Waals surface area contributed by atoms with Crippen LogP contribution in [0, 0.1) is 11.7 Å². The van der Waals surface area contributed by atoms with Crippen molar-refractivity contribution in [1.29, 1.82) is 0 Å². The van der Waals surface area contributed by atoms with Crippen molar-refractivity contribution in [2.45, 2.75) is 26.4 Å². The highest BCUT2D eigenvalue weighted by atomic mass is 35.5. The third-order valence-corrected chi connectivity index (χ3v) is 7.29. The van der Waals surface area contributed by atoms with E-state index in [1.807, 2.05) is 31.2 Å². The van der Waals surface area contributed by atoms with Crippen LogP contribution in [-0.4, -0.2) is 36.2 Å². The molecule has 3 aromatic rings. The molecule has 5 rings (SSSR count). The molecule has 2 aliphatic heterocycles. The number of aromatic hydroxyl groups is 1. The third kappa shape index (κ3) is 4.89. The minimum atomic E-state index is -0.422. The molecule has 0 aliphatic carbocycles. The van der Waals surface area contributed by atoms with E-state index in [2.05, 4.69) is 11.8 Å². The lowest BCUT2D eigenvalue weighted by atomic mass is 9.86. The lowest BCUT2D eigenvalue weighted by molar-refractivity contribution is 0.0806. The number of halogens is 2. The van der Waals surface area contributed by atoms with Crippen LogP contribution < -0.4 is 9.47 Å². The second-order valence-electron chi connectivity index (χ2n) is 9.29.